The summed E-state index contributed by atoms with van der Waals surface area (Å²) in [6.07, 6.45) is -0.101. The number of thiazole rings is 1. The molecule has 9 heteroatoms. The molecule has 0 radical (unpaired) electrons. The third-order valence-electron chi connectivity index (χ3n) is 4.02. The summed E-state index contributed by atoms with van der Waals surface area (Å²) in [6, 6.07) is 13.0. The zero-order valence-electron chi connectivity index (χ0n) is 14.9. The molecule has 0 saturated carbocycles. The molecule has 0 aliphatic heterocycles. The third kappa shape index (κ3) is 4.46. The largest absolute Gasteiger partial charge is 0.455 e. The van der Waals surface area contributed by atoms with E-state index < -0.39 is 18.5 Å². The number of aromatic nitrogens is 2. The zero-order valence-corrected chi connectivity index (χ0v) is 15.7. The summed E-state index contributed by atoms with van der Waals surface area (Å²) in [6.45, 7) is -0.444. The number of ether oxygens (including phenoxy) is 1. The minimum atomic E-state index is -0.592. The van der Waals surface area contributed by atoms with E-state index >= 15 is 0 Å². The maximum absolute atomic E-state index is 13.0. The first-order chi connectivity index (χ1) is 14.1. The lowest BCUT2D eigenvalue weighted by Gasteiger charge is -2.03. The van der Waals surface area contributed by atoms with Gasteiger partial charge in [0.1, 0.15) is 11.5 Å². The van der Waals surface area contributed by atoms with Gasteiger partial charge < -0.3 is 9.26 Å². The quantitative estimate of drug-likeness (QED) is 0.485. The molecule has 0 spiro atoms. The monoisotopic (exact) mass is 411 g/mol. The second-order valence-corrected chi connectivity index (χ2v) is 6.91. The fourth-order valence-electron chi connectivity index (χ4n) is 2.64. The Balaban J connectivity index is 1.30. The molecule has 1 N–H and O–H groups in total. The molecule has 1 amide bonds. The smallest absolute Gasteiger partial charge is 0.312 e. The van der Waals surface area contributed by atoms with E-state index in [-0.39, 0.29) is 12.2 Å². The molecule has 0 fully saturated rings. The molecule has 0 saturated heterocycles. The fourth-order valence-corrected chi connectivity index (χ4v) is 3.37. The van der Waals surface area contributed by atoms with E-state index in [1.54, 1.807) is 35.7 Å². The van der Waals surface area contributed by atoms with Gasteiger partial charge in [0, 0.05) is 16.3 Å². The highest BCUT2D eigenvalue weighted by atomic mass is 32.1. The summed E-state index contributed by atoms with van der Waals surface area (Å²) in [5.41, 5.74) is 2.37. The summed E-state index contributed by atoms with van der Waals surface area (Å²) >= 11 is 1.22. The van der Waals surface area contributed by atoms with Gasteiger partial charge in [0.2, 0.25) is 0 Å². The second-order valence-electron chi connectivity index (χ2n) is 6.06. The number of carbonyl (C=O) groups is 2. The average Bonchev–Trinajstić information content (AvgIpc) is 3.35. The first-order valence-corrected chi connectivity index (χ1v) is 9.47. The highest BCUT2D eigenvalue weighted by Gasteiger charge is 2.15. The van der Waals surface area contributed by atoms with Crippen LogP contribution in [0.5, 0.6) is 0 Å². The number of rotatable bonds is 6. The van der Waals surface area contributed by atoms with Gasteiger partial charge in [-0.15, -0.1) is 11.3 Å². The van der Waals surface area contributed by atoms with E-state index in [9.17, 15) is 14.0 Å². The molecule has 29 heavy (non-hydrogen) atoms. The molecule has 2 aromatic heterocycles. The van der Waals surface area contributed by atoms with Crippen LogP contribution in [-0.2, 0) is 20.7 Å². The Morgan fingerprint density at radius 3 is 2.76 bits per heavy atom. The number of halogens is 1. The van der Waals surface area contributed by atoms with Crippen LogP contribution >= 0.6 is 11.3 Å². The van der Waals surface area contributed by atoms with Crippen molar-refractivity contribution in [3.8, 4) is 11.3 Å². The van der Waals surface area contributed by atoms with E-state index in [4.69, 9.17) is 9.26 Å². The molecule has 0 unspecified atom stereocenters. The predicted octanol–water partition coefficient (Wildman–Crippen LogP) is 3.81. The number of anilines is 1. The van der Waals surface area contributed by atoms with Crippen molar-refractivity contribution in [2.75, 3.05) is 11.9 Å². The van der Waals surface area contributed by atoms with Crippen LogP contribution in [0.2, 0.25) is 0 Å². The van der Waals surface area contributed by atoms with Crippen LogP contribution in [0.1, 0.15) is 5.69 Å². The molecule has 2 aromatic carbocycles. The fraction of sp³-hybridized carbons (Fsp3) is 0.100. The normalized spacial score (nSPS) is 10.8. The molecular weight excluding hydrogens is 397 g/mol. The van der Waals surface area contributed by atoms with Crippen LogP contribution in [-0.4, -0.2) is 28.6 Å². The molecule has 2 heterocycles. The van der Waals surface area contributed by atoms with Crippen LogP contribution < -0.4 is 5.32 Å². The van der Waals surface area contributed by atoms with Gasteiger partial charge >= 0.3 is 5.97 Å². The highest BCUT2D eigenvalue weighted by Crippen LogP contribution is 2.25. The Hall–Kier alpha value is -3.59. The Labute approximate surface area is 168 Å². The van der Waals surface area contributed by atoms with Crippen molar-refractivity contribution in [1.82, 2.24) is 10.1 Å². The van der Waals surface area contributed by atoms with Gasteiger partial charge in [-0.1, -0.05) is 17.3 Å². The van der Waals surface area contributed by atoms with E-state index in [1.807, 2.05) is 6.07 Å². The Morgan fingerprint density at radius 1 is 1.14 bits per heavy atom. The van der Waals surface area contributed by atoms with Crippen molar-refractivity contribution in [3.63, 3.8) is 0 Å². The van der Waals surface area contributed by atoms with Crippen molar-refractivity contribution < 1.29 is 23.2 Å². The van der Waals surface area contributed by atoms with E-state index in [2.05, 4.69) is 15.5 Å². The minimum Gasteiger partial charge on any atom is -0.455 e. The first kappa shape index (κ1) is 18.8. The molecule has 146 valence electrons. The number of carbonyl (C=O) groups excluding carboxylic acids is 2. The summed E-state index contributed by atoms with van der Waals surface area (Å²) < 4.78 is 23.1. The SMILES string of the molecule is O=C(COC(=O)Cc1noc2ccccc12)Nc1nc(-c2ccc(F)cc2)cs1. The Kier molecular flexibility index (Phi) is 5.30. The predicted molar refractivity (Wildman–Crippen MR) is 105 cm³/mol. The highest BCUT2D eigenvalue weighted by molar-refractivity contribution is 7.14. The second kappa shape index (κ2) is 8.19. The number of fused-ring (bicyclic) bond motifs is 1. The summed E-state index contributed by atoms with van der Waals surface area (Å²) in [5, 5.41) is 9.25. The zero-order chi connectivity index (χ0) is 20.2. The van der Waals surface area contributed by atoms with Crippen LogP contribution in [0, 0.1) is 5.82 Å². The maximum Gasteiger partial charge on any atom is 0.312 e. The summed E-state index contributed by atoms with van der Waals surface area (Å²) in [4.78, 5) is 28.3. The Morgan fingerprint density at radius 2 is 1.93 bits per heavy atom. The standard InChI is InChI=1S/C20H14FN3O4S/c21-13-7-5-12(6-8-13)16-11-29-20(22-16)23-18(25)10-27-19(26)9-15-14-3-1-2-4-17(14)28-24-15/h1-8,11H,9-10H2,(H,22,23,25). The minimum absolute atomic E-state index is 0.101. The number of nitrogens with zero attached hydrogens (tertiary/aromatic N) is 2. The Bertz CT molecular complexity index is 1170. The van der Waals surface area contributed by atoms with Gasteiger partial charge in [-0.25, -0.2) is 9.37 Å². The van der Waals surface area contributed by atoms with Gasteiger partial charge in [0.05, 0.1) is 12.1 Å². The van der Waals surface area contributed by atoms with Gasteiger partial charge in [0.25, 0.3) is 5.91 Å². The first-order valence-electron chi connectivity index (χ1n) is 8.59. The molecule has 7 nitrogen and oxygen atoms in total. The molecule has 0 atom stereocenters. The van der Waals surface area contributed by atoms with Gasteiger partial charge in [-0.05, 0) is 36.4 Å². The lowest BCUT2D eigenvalue weighted by molar-refractivity contribution is -0.146. The molecule has 0 aliphatic rings. The molecule has 4 rings (SSSR count). The number of hydrogen-bond acceptors (Lipinski definition) is 7. The van der Waals surface area contributed by atoms with E-state index in [1.165, 1.54) is 23.5 Å². The average molecular weight is 411 g/mol. The van der Waals surface area contributed by atoms with Crippen molar-refractivity contribution in [2.45, 2.75) is 6.42 Å². The number of nitrogens with one attached hydrogen (secondary N) is 1. The molecule has 0 bridgehead atoms. The van der Waals surface area contributed by atoms with Gasteiger partial charge in [0.15, 0.2) is 17.3 Å². The lowest BCUT2D eigenvalue weighted by Crippen LogP contribution is -2.21. The molecule has 4 aromatic rings. The topological polar surface area (TPSA) is 94.3 Å². The molecule has 0 aliphatic carbocycles. The summed E-state index contributed by atoms with van der Waals surface area (Å²) in [7, 11) is 0. The number of benzene rings is 2. The van der Waals surface area contributed by atoms with Crippen LogP contribution in [0.15, 0.2) is 58.4 Å². The van der Waals surface area contributed by atoms with Crippen molar-refractivity contribution in [1.29, 1.82) is 0 Å². The van der Waals surface area contributed by atoms with Crippen molar-refractivity contribution >= 4 is 39.3 Å². The number of amides is 1. The van der Waals surface area contributed by atoms with Gasteiger partial charge in [-0.3, -0.25) is 14.9 Å². The van der Waals surface area contributed by atoms with Crippen LogP contribution in [0.25, 0.3) is 22.2 Å². The van der Waals surface area contributed by atoms with Crippen LogP contribution in [0.3, 0.4) is 0 Å². The molecular formula is C20H14FN3O4S. The van der Waals surface area contributed by atoms with Gasteiger partial charge in [-0.2, -0.15) is 0 Å². The van der Waals surface area contributed by atoms with Crippen molar-refractivity contribution in [2.24, 2.45) is 0 Å². The third-order valence-corrected chi connectivity index (χ3v) is 4.78. The van der Waals surface area contributed by atoms with Crippen molar-refractivity contribution in [3.05, 3.63) is 65.4 Å². The number of hydrogen-bond donors (Lipinski definition) is 1. The summed E-state index contributed by atoms with van der Waals surface area (Å²) in [5.74, 6) is -1.44. The van der Waals surface area contributed by atoms with E-state index in [0.29, 0.717) is 22.1 Å². The number of para-hydroxylation sites is 1. The maximum atomic E-state index is 13.0. The van der Waals surface area contributed by atoms with Crippen LogP contribution in [0.4, 0.5) is 9.52 Å². The van der Waals surface area contributed by atoms with E-state index in [0.717, 1.165) is 10.9 Å². The number of esters is 1. The lowest BCUT2D eigenvalue weighted by atomic mass is 10.2.